The smallest absolute Gasteiger partial charge is 0.338 e. The molecule has 1 aromatic heterocycles. The molecule has 122 valence electrons. The second kappa shape index (κ2) is 8.69. The monoisotopic (exact) mass is 350 g/mol. The first-order valence-electron chi connectivity index (χ1n) is 7.20. The number of rotatable bonds is 7. The van der Waals surface area contributed by atoms with Crippen molar-refractivity contribution in [3.05, 3.63) is 40.9 Å². The van der Waals surface area contributed by atoms with E-state index in [9.17, 15) is 9.59 Å². The molecule has 0 bridgehead atoms. The van der Waals surface area contributed by atoms with Crippen molar-refractivity contribution in [2.45, 2.75) is 24.6 Å². The standard InChI is InChI=1S/C16H18N2O3S2/c1-3-8-21-15(20)12-4-6-13(7-5-12)18-14(19)10-23-16-17-11(2)9-22-16/h4-7,9H,3,8,10H2,1-2H3,(H,18,19). The molecule has 1 aromatic carbocycles. The van der Waals surface area contributed by atoms with Crippen molar-refractivity contribution in [1.29, 1.82) is 0 Å². The fourth-order valence-corrected chi connectivity index (χ4v) is 3.34. The Morgan fingerprint density at radius 3 is 2.65 bits per heavy atom. The van der Waals surface area contributed by atoms with Gasteiger partial charge in [0.25, 0.3) is 0 Å². The number of anilines is 1. The van der Waals surface area contributed by atoms with Crippen LogP contribution in [0, 0.1) is 6.92 Å². The summed E-state index contributed by atoms with van der Waals surface area (Å²) in [6, 6.07) is 6.67. The van der Waals surface area contributed by atoms with Crippen LogP contribution >= 0.6 is 23.1 Å². The fourth-order valence-electron chi connectivity index (χ4n) is 1.69. The first kappa shape index (κ1) is 17.5. The molecule has 0 saturated carbocycles. The van der Waals surface area contributed by atoms with Gasteiger partial charge in [-0.2, -0.15) is 0 Å². The number of carbonyl (C=O) groups excluding carboxylic acids is 2. The minimum Gasteiger partial charge on any atom is -0.462 e. The molecule has 23 heavy (non-hydrogen) atoms. The lowest BCUT2D eigenvalue weighted by Gasteiger charge is -2.06. The van der Waals surface area contributed by atoms with Crippen LogP contribution < -0.4 is 5.32 Å². The quantitative estimate of drug-likeness (QED) is 0.608. The zero-order valence-electron chi connectivity index (χ0n) is 13.0. The third-order valence-electron chi connectivity index (χ3n) is 2.77. The van der Waals surface area contributed by atoms with Crippen LogP contribution in [0.2, 0.25) is 0 Å². The second-order valence-electron chi connectivity index (χ2n) is 4.80. The largest absolute Gasteiger partial charge is 0.462 e. The SMILES string of the molecule is CCCOC(=O)c1ccc(NC(=O)CSc2nc(C)cs2)cc1. The Bertz CT molecular complexity index is 668. The number of amides is 1. The van der Waals surface area contributed by atoms with E-state index in [4.69, 9.17) is 4.74 Å². The lowest BCUT2D eigenvalue weighted by molar-refractivity contribution is -0.113. The van der Waals surface area contributed by atoms with E-state index in [1.54, 1.807) is 24.3 Å². The third-order valence-corrected chi connectivity index (χ3v) is 4.91. The van der Waals surface area contributed by atoms with Crippen molar-refractivity contribution in [3.63, 3.8) is 0 Å². The number of benzene rings is 1. The second-order valence-corrected chi connectivity index (χ2v) is 6.89. The summed E-state index contributed by atoms with van der Waals surface area (Å²) in [7, 11) is 0. The molecule has 0 aliphatic carbocycles. The number of hydrogen-bond donors (Lipinski definition) is 1. The molecule has 0 unspecified atom stereocenters. The number of thiazole rings is 1. The van der Waals surface area contributed by atoms with Crippen molar-refractivity contribution in [3.8, 4) is 0 Å². The van der Waals surface area contributed by atoms with Gasteiger partial charge in [0.05, 0.1) is 17.9 Å². The highest BCUT2D eigenvalue weighted by atomic mass is 32.2. The van der Waals surface area contributed by atoms with Crippen LogP contribution in [0.5, 0.6) is 0 Å². The molecular weight excluding hydrogens is 332 g/mol. The Morgan fingerprint density at radius 2 is 2.04 bits per heavy atom. The van der Waals surface area contributed by atoms with Gasteiger partial charge >= 0.3 is 5.97 Å². The summed E-state index contributed by atoms with van der Waals surface area (Å²) in [6.45, 7) is 4.27. The highest BCUT2D eigenvalue weighted by Crippen LogP contribution is 2.22. The lowest BCUT2D eigenvalue weighted by Crippen LogP contribution is -2.14. The Kier molecular flexibility index (Phi) is 6.61. The van der Waals surface area contributed by atoms with Crippen LogP contribution in [-0.2, 0) is 9.53 Å². The van der Waals surface area contributed by atoms with E-state index in [1.165, 1.54) is 23.1 Å². The van der Waals surface area contributed by atoms with Crippen LogP contribution in [0.15, 0.2) is 34.0 Å². The van der Waals surface area contributed by atoms with Crippen LogP contribution in [0.4, 0.5) is 5.69 Å². The first-order valence-corrected chi connectivity index (χ1v) is 9.07. The topological polar surface area (TPSA) is 68.3 Å². The van der Waals surface area contributed by atoms with Gasteiger partial charge < -0.3 is 10.1 Å². The van der Waals surface area contributed by atoms with Gasteiger partial charge in [0, 0.05) is 16.8 Å². The highest BCUT2D eigenvalue weighted by Gasteiger charge is 2.09. The van der Waals surface area contributed by atoms with Crippen LogP contribution in [-0.4, -0.2) is 29.2 Å². The van der Waals surface area contributed by atoms with Gasteiger partial charge in [0.15, 0.2) is 4.34 Å². The number of aryl methyl sites for hydroxylation is 1. The van der Waals surface area contributed by atoms with Gasteiger partial charge in [-0.1, -0.05) is 18.7 Å². The Labute approximate surface area is 143 Å². The molecule has 0 saturated heterocycles. The Hall–Kier alpha value is -1.86. The Morgan fingerprint density at radius 1 is 1.30 bits per heavy atom. The van der Waals surface area contributed by atoms with Gasteiger partial charge in [0.2, 0.25) is 5.91 Å². The third kappa shape index (κ3) is 5.69. The molecule has 7 heteroatoms. The summed E-state index contributed by atoms with van der Waals surface area (Å²) in [5.74, 6) is -0.156. The average molecular weight is 350 g/mol. The minimum atomic E-state index is -0.348. The minimum absolute atomic E-state index is 0.107. The number of aromatic nitrogens is 1. The summed E-state index contributed by atoms with van der Waals surface area (Å²) in [5.41, 5.74) is 2.09. The van der Waals surface area contributed by atoms with E-state index in [0.717, 1.165) is 16.5 Å². The number of nitrogens with one attached hydrogen (secondary N) is 1. The number of ether oxygens (including phenoxy) is 1. The molecule has 1 N–H and O–H groups in total. The predicted molar refractivity (Wildman–Crippen MR) is 93.2 cm³/mol. The van der Waals surface area contributed by atoms with E-state index >= 15 is 0 Å². The van der Waals surface area contributed by atoms with Crippen LogP contribution in [0.25, 0.3) is 0 Å². The molecule has 0 aliphatic heterocycles. The molecule has 2 rings (SSSR count). The molecular formula is C16H18N2O3S2. The summed E-state index contributed by atoms with van der Waals surface area (Å²) in [6.07, 6.45) is 0.788. The molecule has 2 aromatic rings. The van der Waals surface area contributed by atoms with E-state index in [1.807, 2.05) is 19.2 Å². The predicted octanol–water partition coefficient (Wildman–Crippen LogP) is 3.75. The van der Waals surface area contributed by atoms with Crippen molar-refractivity contribution in [2.24, 2.45) is 0 Å². The maximum atomic E-state index is 11.9. The fraction of sp³-hybridized carbons (Fsp3) is 0.312. The van der Waals surface area contributed by atoms with E-state index in [0.29, 0.717) is 23.6 Å². The molecule has 5 nitrogen and oxygen atoms in total. The van der Waals surface area contributed by atoms with E-state index in [2.05, 4.69) is 10.3 Å². The zero-order chi connectivity index (χ0) is 16.7. The maximum absolute atomic E-state index is 11.9. The Balaban J connectivity index is 1.82. The molecule has 0 atom stereocenters. The number of nitrogens with zero attached hydrogens (tertiary/aromatic N) is 1. The molecule has 0 fully saturated rings. The molecule has 1 amide bonds. The summed E-state index contributed by atoms with van der Waals surface area (Å²) in [4.78, 5) is 27.9. The van der Waals surface area contributed by atoms with Gasteiger partial charge in [-0.05, 0) is 37.6 Å². The maximum Gasteiger partial charge on any atom is 0.338 e. The summed E-state index contributed by atoms with van der Waals surface area (Å²) in [5, 5.41) is 4.75. The number of hydrogen-bond acceptors (Lipinski definition) is 6. The summed E-state index contributed by atoms with van der Waals surface area (Å²) >= 11 is 2.94. The van der Waals surface area contributed by atoms with Gasteiger partial charge in [-0.3, -0.25) is 4.79 Å². The van der Waals surface area contributed by atoms with Crippen molar-refractivity contribution >= 4 is 40.7 Å². The van der Waals surface area contributed by atoms with Gasteiger partial charge in [-0.15, -0.1) is 11.3 Å². The molecule has 0 aliphatic rings. The molecule has 0 spiro atoms. The lowest BCUT2D eigenvalue weighted by atomic mass is 10.2. The van der Waals surface area contributed by atoms with E-state index < -0.39 is 0 Å². The number of thioether (sulfide) groups is 1. The van der Waals surface area contributed by atoms with Crippen molar-refractivity contribution in [2.75, 3.05) is 17.7 Å². The van der Waals surface area contributed by atoms with E-state index in [-0.39, 0.29) is 11.9 Å². The van der Waals surface area contributed by atoms with Crippen molar-refractivity contribution in [1.82, 2.24) is 4.98 Å². The van der Waals surface area contributed by atoms with Crippen molar-refractivity contribution < 1.29 is 14.3 Å². The van der Waals surface area contributed by atoms with Gasteiger partial charge in [-0.25, -0.2) is 9.78 Å². The zero-order valence-corrected chi connectivity index (χ0v) is 14.6. The first-order chi connectivity index (χ1) is 11.1. The number of carbonyl (C=O) groups is 2. The number of esters is 1. The average Bonchev–Trinajstić information content (AvgIpc) is 2.97. The van der Waals surface area contributed by atoms with Crippen LogP contribution in [0.3, 0.4) is 0 Å². The van der Waals surface area contributed by atoms with Crippen LogP contribution in [0.1, 0.15) is 29.4 Å². The molecule has 1 heterocycles. The van der Waals surface area contributed by atoms with Gasteiger partial charge in [0.1, 0.15) is 0 Å². The summed E-state index contributed by atoms with van der Waals surface area (Å²) < 4.78 is 5.93. The normalized spacial score (nSPS) is 10.3. The highest BCUT2D eigenvalue weighted by molar-refractivity contribution is 8.01. The molecule has 0 radical (unpaired) electrons.